The van der Waals surface area contributed by atoms with Gasteiger partial charge in [-0.2, -0.15) is 13.2 Å². The maximum Gasteiger partial charge on any atom is 0.416 e. The molecular weight excluding hydrogens is 461 g/mol. The molecular formula is C25H31F3N4O3. The van der Waals surface area contributed by atoms with Crippen molar-refractivity contribution in [2.24, 2.45) is 0 Å². The van der Waals surface area contributed by atoms with Gasteiger partial charge in [-0.1, -0.05) is 18.2 Å². The summed E-state index contributed by atoms with van der Waals surface area (Å²) in [5.74, 6) is -0.172. The van der Waals surface area contributed by atoms with E-state index in [9.17, 15) is 18.0 Å². The second-order valence-electron chi connectivity index (χ2n) is 9.15. The molecule has 7 nitrogen and oxygen atoms in total. The van der Waals surface area contributed by atoms with E-state index in [0.29, 0.717) is 54.9 Å². The summed E-state index contributed by atoms with van der Waals surface area (Å²) in [7, 11) is 1.70. The zero-order chi connectivity index (χ0) is 25.0. The first kappa shape index (κ1) is 25.5. The third-order valence-electron chi connectivity index (χ3n) is 6.86. The van der Waals surface area contributed by atoms with E-state index < -0.39 is 11.7 Å². The molecule has 1 N–H and O–H groups in total. The molecule has 2 aliphatic rings. The fourth-order valence-corrected chi connectivity index (χ4v) is 4.77. The van der Waals surface area contributed by atoms with Crippen LogP contribution >= 0.6 is 0 Å². The van der Waals surface area contributed by atoms with E-state index in [1.165, 1.54) is 12.4 Å². The van der Waals surface area contributed by atoms with Crippen LogP contribution in [-0.4, -0.2) is 72.4 Å². The number of halogens is 3. The third kappa shape index (κ3) is 6.17. The lowest BCUT2D eigenvalue weighted by Crippen LogP contribution is -2.54. The maximum absolute atomic E-state index is 13.2. The molecule has 1 amide bonds. The Hall–Kier alpha value is -2.56. The maximum atomic E-state index is 13.2. The average molecular weight is 493 g/mol. The molecule has 2 atom stereocenters. The second-order valence-corrected chi connectivity index (χ2v) is 9.15. The number of carbonyl (C=O) groups excluding carboxylic acids is 1. The molecule has 1 aromatic heterocycles. The Labute approximate surface area is 203 Å². The molecule has 0 saturated carbocycles. The predicted molar refractivity (Wildman–Crippen MR) is 123 cm³/mol. The zero-order valence-corrected chi connectivity index (χ0v) is 20.0. The van der Waals surface area contributed by atoms with Gasteiger partial charge in [0.2, 0.25) is 0 Å². The number of hydrogen-bond acceptors (Lipinski definition) is 6. The molecule has 2 saturated heterocycles. The number of aromatic nitrogens is 2. The molecule has 0 spiro atoms. The number of nitrogens with one attached hydrogen (secondary N) is 1. The lowest BCUT2D eigenvalue weighted by Gasteiger charge is -2.38. The molecule has 2 aliphatic heterocycles. The van der Waals surface area contributed by atoms with Crippen LogP contribution in [0.4, 0.5) is 13.2 Å². The number of hydrogen-bond donors (Lipinski definition) is 1. The van der Waals surface area contributed by atoms with E-state index in [-0.39, 0.29) is 24.5 Å². The van der Waals surface area contributed by atoms with Crippen LogP contribution in [0, 0.1) is 6.92 Å². The Morgan fingerprint density at radius 2 is 2.00 bits per heavy atom. The second kappa shape index (κ2) is 11.0. The number of likely N-dealkylation sites (tertiary alicyclic amines) is 1. The van der Waals surface area contributed by atoms with Gasteiger partial charge in [0.1, 0.15) is 12.0 Å². The Kier molecular flexibility index (Phi) is 8.03. The van der Waals surface area contributed by atoms with E-state index in [1.807, 2.05) is 0 Å². The lowest BCUT2D eigenvalue weighted by molar-refractivity contribution is -0.137. The first-order chi connectivity index (χ1) is 16.8. The molecule has 35 heavy (non-hydrogen) atoms. The fraction of sp³-hybridized carbons (Fsp3) is 0.560. The van der Waals surface area contributed by atoms with Gasteiger partial charge in [-0.25, -0.2) is 9.97 Å². The van der Waals surface area contributed by atoms with Gasteiger partial charge in [0.15, 0.2) is 0 Å². The molecule has 0 unspecified atom stereocenters. The van der Waals surface area contributed by atoms with Gasteiger partial charge in [-0.15, -0.1) is 0 Å². The monoisotopic (exact) mass is 492 g/mol. The van der Waals surface area contributed by atoms with Gasteiger partial charge >= 0.3 is 6.18 Å². The molecule has 3 heterocycles. The molecule has 4 rings (SSSR count). The van der Waals surface area contributed by atoms with Crippen LogP contribution in [0.3, 0.4) is 0 Å². The predicted octanol–water partition coefficient (Wildman–Crippen LogP) is 3.39. The van der Waals surface area contributed by atoms with Gasteiger partial charge in [-0.3, -0.25) is 4.79 Å². The topological polar surface area (TPSA) is 76.6 Å². The summed E-state index contributed by atoms with van der Waals surface area (Å²) in [6.45, 7) is 4.25. The number of piperidine rings is 1. The summed E-state index contributed by atoms with van der Waals surface area (Å²) in [6, 6.07) is 5.71. The van der Waals surface area contributed by atoms with Crippen molar-refractivity contribution < 1.29 is 27.4 Å². The summed E-state index contributed by atoms with van der Waals surface area (Å²) < 4.78 is 50.2. The van der Waals surface area contributed by atoms with Gasteiger partial charge in [0, 0.05) is 50.9 Å². The van der Waals surface area contributed by atoms with Crippen molar-refractivity contribution in [3.63, 3.8) is 0 Å². The lowest BCUT2D eigenvalue weighted by atomic mass is 9.99. The number of alkyl halides is 3. The Balaban J connectivity index is 1.39. The van der Waals surface area contributed by atoms with E-state index >= 15 is 0 Å². The molecule has 190 valence electrons. The standard InChI is InChI=1S/C25H31F3N4O3/c1-16-21(13-17-4-3-5-18(12-17)25(26,27)28)29-15-30-23(16)24(33)32-9-6-19(7-10-32)31-20-8-11-35-14-22(20)34-2/h3-5,12,15,19-20,22,31H,6-11,13-14H2,1-2H3/t20-,22+/m0/s1. The van der Waals surface area contributed by atoms with Crippen molar-refractivity contribution in [1.29, 1.82) is 0 Å². The van der Waals surface area contributed by atoms with Crippen LogP contribution < -0.4 is 5.32 Å². The summed E-state index contributed by atoms with van der Waals surface area (Å²) >= 11 is 0. The van der Waals surface area contributed by atoms with E-state index in [1.54, 1.807) is 25.0 Å². The van der Waals surface area contributed by atoms with Gasteiger partial charge < -0.3 is 19.7 Å². The quantitative estimate of drug-likeness (QED) is 0.666. The third-order valence-corrected chi connectivity index (χ3v) is 6.86. The molecule has 10 heteroatoms. The highest BCUT2D eigenvalue weighted by Gasteiger charge is 2.32. The smallest absolute Gasteiger partial charge is 0.379 e. The van der Waals surface area contributed by atoms with Gasteiger partial charge in [-0.05, 0) is 37.8 Å². The average Bonchev–Trinajstić information content (AvgIpc) is 2.85. The van der Waals surface area contributed by atoms with Gasteiger partial charge in [0.05, 0.1) is 24.0 Å². The van der Waals surface area contributed by atoms with Crippen molar-refractivity contribution in [3.8, 4) is 0 Å². The van der Waals surface area contributed by atoms with E-state index in [4.69, 9.17) is 9.47 Å². The van der Waals surface area contributed by atoms with Crippen molar-refractivity contribution in [2.45, 2.75) is 57.0 Å². The minimum absolute atomic E-state index is 0.0299. The number of rotatable bonds is 6. The van der Waals surface area contributed by atoms with Gasteiger partial charge in [0.25, 0.3) is 5.91 Å². The highest BCUT2D eigenvalue weighted by molar-refractivity contribution is 5.93. The molecule has 2 fully saturated rings. The summed E-state index contributed by atoms with van der Waals surface area (Å²) in [4.78, 5) is 23.5. The van der Waals surface area contributed by atoms with Crippen molar-refractivity contribution in [2.75, 3.05) is 33.4 Å². The highest BCUT2D eigenvalue weighted by atomic mass is 19.4. The highest BCUT2D eigenvalue weighted by Crippen LogP contribution is 2.30. The van der Waals surface area contributed by atoms with Crippen LogP contribution in [0.15, 0.2) is 30.6 Å². The zero-order valence-electron chi connectivity index (χ0n) is 20.0. The Morgan fingerprint density at radius 1 is 1.23 bits per heavy atom. The van der Waals surface area contributed by atoms with Crippen molar-refractivity contribution in [1.82, 2.24) is 20.2 Å². The summed E-state index contributed by atoms with van der Waals surface area (Å²) in [5.41, 5.74) is 1.23. The normalized spacial score (nSPS) is 21.8. The van der Waals surface area contributed by atoms with Crippen LogP contribution in [-0.2, 0) is 22.1 Å². The minimum atomic E-state index is -4.41. The molecule has 2 aromatic rings. The van der Waals surface area contributed by atoms with Crippen LogP contribution in [0.1, 0.15) is 52.1 Å². The van der Waals surface area contributed by atoms with Crippen LogP contribution in [0.25, 0.3) is 0 Å². The number of methoxy groups -OCH3 is 1. The van der Waals surface area contributed by atoms with E-state index in [0.717, 1.165) is 31.4 Å². The minimum Gasteiger partial charge on any atom is -0.379 e. The fourth-order valence-electron chi connectivity index (χ4n) is 4.77. The van der Waals surface area contributed by atoms with Crippen molar-refractivity contribution in [3.05, 3.63) is 58.7 Å². The SMILES string of the molecule is CO[C@@H]1COCC[C@@H]1NC1CCN(C(=O)c2ncnc(Cc3cccc(C(F)(F)F)c3)c2C)CC1. The van der Waals surface area contributed by atoms with Crippen LogP contribution in [0.2, 0.25) is 0 Å². The number of amides is 1. The Bertz CT molecular complexity index is 1030. The number of nitrogens with zero attached hydrogens (tertiary/aromatic N) is 3. The number of carbonyl (C=O) groups is 1. The van der Waals surface area contributed by atoms with E-state index in [2.05, 4.69) is 15.3 Å². The molecule has 0 bridgehead atoms. The Morgan fingerprint density at radius 3 is 2.71 bits per heavy atom. The molecule has 1 aromatic carbocycles. The largest absolute Gasteiger partial charge is 0.416 e. The first-order valence-electron chi connectivity index (χ1n) is 11.9. The summed E-state index contributed by atoms with van der Waals surface area (Å²) in [6.07, 6.45) is -0.339. The molecule has 0 aliphatic carbocycles. The summed E-state index contributed by atoms with van der Waals surface area (Å²) in [5, 5.41) is 3.67. The van der Waals surface area contributed by atoms with Crippen LogP contribution in [0.5, 0.6) is 0 Å². The first-order valence-corrected chi connectivity index (χ1v) is 11.9. The number of ether oxygens (including phenoxy) is 2. The number of benzene rings is 1. The molecule has 0 radical (unpaired) electrons. The van der Waals surface area contributed by atoms with Crippen molar-refractivity contribution >= 4 is 5.91 Å².